The van der Waals surface area contributed by atoms with Crippen LogP contribution in [0.3, 0.4) is 0 Å². The fraction of sp³-hybridized carbons (Fsp3) is 0.500. The first-order chi connectivity index (χ1) is 7.21. The maximum atomic E-state index is 6.02. The highest BCUT2D eigenvalue weighted by atomic mass is 35.5. The van der Waals surface area contributed by atoms with Gasteiger partial charge in [0.15, 0.2) is 0 Å². The highest BCUT2D eigenvalue weighted by Gasteiger charge is 2.07. The van der Waals surface area contributed by atoms with Crippen molar-refractivity contribution in [3.8, 4) is 5.75 Å². The van der Waals surface area contributed by atoms with E-state index >= 15 is 0 Å². The number of nitrogens with two attached hydrogens (primary N) is 1. The Labute approximate surface area is 96.4 Å². The summed E-state index contributed by atoms with van der Waals surface area (Å²) in [6.07, 6.45) is 1.92. The molecule has 0 aromatic heterocycles. The van der Waals surface area contributed by atoms with Crippen LogP contribution in [0.1, 0.15) is 25.8 Å². The zero-order chi connectivity index (χ0) is 11.3. The molecule has 0 saturated heterocycles. The second-order valence-corrected chi connectivity index (χ2v) is 3.90. The van der Waals surface area contributed by atoms with Crippen molar-refractivity contribution in [2.75, 3.05) is 6.54 Å². The first-order valence-corrected chi connectivity index (χ1v) is 5.74. The molecule has 0 amide bonds. The van der Waals surface area contributed by atoms with Gasteiger partial charge in [-0.15, -0.1) is 0 Å². The number of rotatable bonds is 5. The monoisotopic (exact) mass is 227 g/mol. The van der Waals surface area contributed by atoms with E-state index in [1.165, 1.54) is 0 Å². The summed E-state index contributed by atoms with van der Waals surface area (Å²) in [5, 5.41) is 0.797. The number of benzene rings is 1. The zero-order valence-electron chi connectivity index (χ0n) is 9.29. The maximum absolute atomic E-state index is 6.02. The highest BCUT2D eigenvalue weighted by molar-refractivity contribution is 6.31. The van der Waals surface area contributed by atoms with Crippen LogP contribution >= 0.6 is 11.6 Å². The topological polar surface area (TPSA) is 35.2 Å². The van der Waals surface area contributed by atoms with E-state index in [-0.39, 0.29) is 6.10 Å². The van der Waals surface area contributed by atoms with E-state index in [2.05, 4.69) is 13.8 Å². The van der Waals surface area contributed by atoms with Gasteiger partial charge in [0.1, 0.15) is 11.9 Å². The van der Waals surface area contributed by atoms with Crippen molar-refractivity contribution in [3.63, 3.8) is 0 Å². The molecule has 0 spiro atoms. The minimum Gasteiger partial charge on any atom is -0.489 e. The summed E-state index contributed by atoms with van der Waals surface area (Å²) in [4.78, 5) is 0. The third-order valence-electron chi connectivity index (χ3n) is 2.42. The molecular formula is C12H18ClNO. The summed E-state index contributed by atoms with van der Waals surface area (Å²) in [5.74, 6) is 0.855. The maximum Gasteiger partial charge on any atom is 0.120 e. The quantitative estimate of drug-likeness (QED) is 0.839. The molecule has 1 aromatic rings. The molecule has 0 bridgehead atoms. The molecule has 0 aliphatic carbocycles. The minimum absolute atomic E-state index is 0.0934. The van der Waals surface area contributed by atoms with Gasteiger partial charge in [0.25, 0.3) is 0 Å². The summed E-state index contributed by atoms with van der Waals surface area (Å²) >= 11 is 6.02. The smallest absolute Gasteiger partial charge is 0.120 e. The first-order valence-electron chi connectivity index (χ1n) is 5.36. The van der Waals surface area contributed by atoms with Gasteiger partial charge >= 0.3 is 0 Å². The van der Waals surface area contributed by atoms with Crippen LogP contribution < -0.4 is 10.5 Å². The number of ether oxygens (including phenoxy) is 1. The fourth-order valence-corrected chi connectivity index (χ4v) is 1.64. The van der Waals surface area contributed by atoms with Gasteiger partial charge in [-0.05, 0) is 36.6 Å². The lowest BCUT2D eigenvalue weighted by molar-refractivity contribution is 0.205. The van der Waals surface area contributed by atoms with Crippen molar-refractivity contribution in [2.45, 2.75) is 32.8 Å². The van der Waals surface area contributed by atoms with Crippen LogP contribution in [0.5, 0.6) is 5.75 Å². The second-order valence-electron chi connectivity index (χ2n) is 3.49. The Bertz CT molecular complexity index is 310. The molecule has 2 nitrogen and oxygen atoms in total. The Morgan fingerprint density at radius 1 is 1.40 bits per heavy atom. The molecule has 0 radical (unpaired) electrons. The van der Waals surface area contributed by atoms with Crippen LogP contribution in [0, 0.1) is 0 Å². The van der Waals surface area contributed by atoms with E-state index in [0.29, 0.717) is 6.54 Å². The molecular weight excluding hydrogens is 210 g/mol. The Morgan fingerprint density at radius 2 is 2.13 bits per heavy atom. The van der Waals surface area contributed by atoms with E-state index in [4.69, 9.17) is 22.1 Å². The largest absolute Gasteiger partial charge is 0.489 e. The second kappa shape index (κ2) is 5.99. The van der Waals surface area contributed by atoms with E-state index in [1.807, 2.05) is 18.2 Å². The molecule has 0 fully saturated rings. The molecule has 0 heterocycles. The van der Waals surface area contributed by atoms with Gasteiger partial charge in [0.05, 0.1) is 0 Å². The Balaban J connectivity index is 2.77. The molecule has 1 aromatic carbocycles. The van der Waals surface area contributed by atoms with Gasteiger partial charge in [-0.25, -0.2) is 0 Å². The van der Waals surface area contributed by atoms with Crippen molar-refractivity contribution < 1.29 is 4.74 Å². The van der Waals surface area contributed by atoms with E-state index in [0.717, 1.165) is 29.2 Å². The lowest BCUT2D eigenvalue weighted by Crippen LogP contribution is -2.25. The van der Waals surface area contributed by atoms with Crippen LogP contribution in [-0.4, -0.2) is 12.6 Å². The molecule has 0 aliphatic rings. The molecule has 15 heavy (non-hydrogen) atoms. The van der Waals surface area contributed by atoms with E-state index in [1.54, 1.807) is 0 Å². The number of hydrogen-bond donors (Lipinski definition) is 1. The predicted molar refractivity (Wildman–Crippen MR) is 64.6 cm³/mol. The Kier molecular flexibility index (Phi) is 4.92. The van der Waals surface area contributed by atoms with E-state index in [9.17, 15) is 0 Å². The average molecular weight is 228 g/mol. The molecule has 2 N–H and O–H groups in total. The van der Waals surface area contributed by atoms with Crippen LogP contribution in [0.2, 0.25) is 5.02 Å². The third-order valence-corrected chi connectivity index (χ3v) is 2.79. The summed E-state index contributed by atoms with van der Waals surface area (Å²) < 4.78 is 5.73. The Hall–Kier alpha value is -0.730. The molecule has 0 aliphatic heterocycles. The summed E-state index contributed by atoms with van der Waals surface area (Å²) in [7, 11) is 0. The molecule has 1 rings (SSSR count). The lowest BCUT2D eigenvalue weighted by atomic mass is 10.1. The first kappa shape index (κ1) is 12.3. The van der Waals surface area contributed by atoms with Crippen molar-refractivity contribution in [1.29, 1.82) is 0 Å². The van der Waals surface area contributed by atoms with Gasteiger partial charge in [-0.1, -0.05) is 25.4 Å². The van der Waals surface area contributed by atoms with Crippen LogP contribution in [0.25, 0.3) is 0 Å². The van der Waals surface area contributed by atoms with Gasteiger partial charge in [0, 0.05) is 11.6 Å². The lowest BCUT2D eigenvalue weighted by Gasteiger charge is -2.16. The van der Waals surface area contributed by atoms with Crippen molar-refractivity contribution in [2.24, 2.45) is 5.73 Å². The van der Waals surface area contributed by atoms with Crippen molar-refractivity contribution >= 4 is 11.6 Å². The predicted octanol–water partition coefficient (Wildman–Crippen LogP) is 3.02. The normalized spacial score (nSPS) is 12.5. The summed E-state index contributed by atoms with van der Waals surface area (Å²) in [6.45, 7) is 4.68. The van der Waals surface area contributed by atoms with Crippen LogP contribution in [0.4, 0.5) is 0 Å². The number of hydrogen-bond acceptors (Lipinski definition) is 2. The minimum atomic E-state index is 0.0934. The highest BCUT2D eigenvalue weighted by Crippen LogP contribution is 2.23. The summed E-state index contributed by atoms with van der Waals surface area (Å²) in [5.41, 5.74) is 6.69. The SMILES string of the molecule is CCc1cc(OC(CC)CN)ccc1Cl. The number of halogens is 1. The van der Waals surface area contributed by atoms with Gasteiger partial charge in [-0.3, -0.25) is 0 Å². The van der Waals surface area contributed by atoms with Crippen LogP contribution in [0.15, 0.2) is 18.2 Å². The molecule has 1 unspecified atom stereocenters. The molecule has 1 atom stereocenters. The van der Waals surface area contributed by atoms with Crippen molar-refractivity contribution in [3.05, 3.63) is 28.8 Å². The summed E-state index contributed by atoms with van der Waals surface area (Å²) in [6, 6.07) is 5.75. The molecule has 84 valence electrons. The fourth-order valence-electron chi connectivity index (χ4n) is 1.39. The van der Waals surface area contributed by atoms with Gasteiger partial charge < -0.3 is 10.5 Å². The average Bonchev–Trinajstić information content (AvgIpc) is 2.28. The zero-order valence-corrected chi connectivity index (χ0v) is 10.1. The van der Waals surface area contributed by atoms with Crippen molar-refractivity contribution in [1.82, 2.24) is 0 Å². The van der Waals surface area contributed by atoms with Crippen LogP contribution in [-0.2, 0) is 6.42 Å². The molecule has 0 saturated carbocycles. The Morgan fingerprint density at radius 3 is 2.67 bits per heavy atom. The number of aryl methyl sites for hydroxylation is 1. The standard InChI is InChI=1S/C12H18ClNO/c1-3-9-7-11(5-6-12(9)13)15-10(4-2)8-14/h5-7,10H,3-4,8,14H2,1-2H3. The van der Waals surface area contributed by atoms with Gasteiger partial charge in [-0.2, -0.15) is 0 Å². The third kappa shape index (κ3) is 3.40. The van der Waals surface area contributed by atoms with Gasteiger partial charge in [0.2, 0.25) is 0 Å². The molecule has 3 heteroatoms. The van der Waals surface area contributed by atoms with E-state index < -0.39 is 0 Å².